The van der Waals surface area contributed by atoms with Gasteiger partial charge in [0.15, 0.2) is 0 Å². The first-order valence-corrected chi connectivity index (χ1v) is 9.25. The molecular formula is C19H31BrO. The van der Waals surface area contributed by atoms with E-state index in [2.05, 4.69) is 42.8 Å². The number of aromatic hydroxyl groups is 1. The molecule has 0 aliphatic carbocycles. The van der Waals surface area contributed by atoms with Crippen LogP contribution in [0.15, 0.2) is 22.7 Å². The molecule has 1 nitrogen and oxygen atoms in total. The second-order valence-corrected chi connectivity index (χ2v) is 7.63. The van der Waals surface area contributed by atoms with Crippen molar-refractivity contribution in [2.75, 3.05) is 0 Å². The number of phenolic OH excluding ortho intramolecular Hbond substituents is 1. The van der Waals surface area contributed by atoms with Gasteiger partial charge in [0.2, 0.25) is 0 Å². The molecule has 1 aromatic carbocycles. The maximum absolute atomic E-state index is 9.83. The summed E-state index contributed by atoms with van der Waals surface area (Å²) in [5.41, 5.74) is 1.37. The predicted octanol–water partition coefficient (Wildman–Crippen LogP) is 6.96. The Balaban J connectivity index is 2.28. The predicted molar refractivity (Wildman–Crippen MR) is 96.1 cm³/mol. The van der Waals surface area contributed by atoms with Gasteiger partial charge in [-0.2, -0.15) is 0 Å². The van der Waals surface area contributed by atoms with Crippen LogP contribution in [0.4, 0.5) is 0 Å². The fraction of sp³-hybridized carbons (Fsp3) is 0.684. The van der Waals surface area contributed by atoms with Crippen LogP contribution in [0, 0.1) is 0 Å². The Kier molecular flexibility index (Phi) is 8.39. The molecule has 0 fully saturated rings. The Hall–Kier alpha value is -0.500. The van der Waals surface area contributed by atoms with Crippen molar-refractivity contribution in [2.45, 2.75) is 84.0 Å². The molecular weight excluding hydrogens is 324 g/mol. The number of benzene rings is 1. The topological polar surface area (TPSA) is 20.2 Å². The SMILES string of the molecule is CCCCCCCCCCC(C)(C)c1ccc(Br)c(O)c1. The Morgan fingerprint density at radius 1 is 0.952 bits per heavy atom. The van der Waals surface area contributed by atoms with Gasteiger partial charge < -0.3 is 5.11 Å². The van der Waals surface area contributed by atoms with Crippen molar-refractivity contribution in [2.24, 2.45) is 0 Å². The first-order valence-electron chi connectivity index (χ1n) is 8.46. The molecule has 0 aliphatic rings. The van der Waals surface area contributed by atoms with E-state index < -0.39 is 0 Å². The Bertz CT molecular complexity index is 412. The van der Waals surface area contributed by atoms with E-state index in [1.54, 1.807) is 0 Å². The van der Waals surface area contributed by atoms with Crippen LogP contribution in [-0.4, -0.2) is 5.11 Å². The van der Waals surface area contributed by atoms with E-state index in [4.69, 9.17) is 0 Å². The smallest absolute Gasteiger partial charge is 0.130 e. The highest BCUT2D eigenvalue weighted by Crippen LogP contribution is 2.34. The highest BCUT2D eigenvalue weighted by atomic mass is 79.9. The summed E-state index contributed by atoms with van der Waals surface area (Å²) in [5.74, 6) is 0.344. The Labute approximate surface area is 139 Å². The van der Waals surface area contributed by atoms with E-state index in [0.29, 0.717) is 5.75 Å². The lowest BCUT2D eigenvalue weighted by Crippen LogP contribution is -2.16. The zero-order valence-electron chi connectivity index (χ0n) is 13.9. The lowest BCUT2D eigenvalue weighted by Gasteiger charge is -2.25. The van der Waals surface area contributed by atoms with Crippen LogP contribution in [0.1, 0.15) is 84.1 Å². The summed E-state index contributed by atoms with van der Waals surface area (Å²) in [6.07, 6.45) is 12.1. The largest absolute Gasteiger partial charge is 0.507 e. The van der Waals surface area contributed by atoms with E-state index in [1.165, 1.54) is 63.4 Å². The fourth-order valence-electron chi connectivity index (χ4n) is 2.78. The molecule has 120 valence electrons. The summed E-state index contributed by atoms with van der Waals surface area (Å²) < 4.78 is 0.772. The average molecular weight is 355 g/mol. The minimum atomic E-state index is 0.139. The molecule has 0 saturated carbocycles. The second-order valence-electron chi connectivity index (χ2n) is 6.77. The zero-order chi connectivity index (χ0) is 15.7. The summed E-state index contributed by atoms with van der Waals surface area (Å²) in [6.45, 7) is 6.82. The van der Waals surface area contributed by atoms with Crippen LogP contribution in [0.3, 0.4) is 0 Å². The Morgan fingerprint density at radius 3 is 2.10 bits per heavy atom. The molecule has 0 amide bonds. The lowest BCUT2D eigenvalue weighted by atomic mass is 9.80. The van der Waals surface area contributed by atoms with Crippen molar-refractivity contribution in [3.63, 3.8) is 0 Å². The monoisotopic (exact) mass is 354 g/mol. The molecule has 2 heteroatoms. The van der Waals surface area contributed by atoms with E-state index in [9.17, 15) is 5.11 Å². The highest BCUT2D eigenvalue weighted by Gasteiger charge is 2.20. The minimum absolute atomic E-state index is 0.139. The number of halogens is 1. The van der Waals surface area contributed by atoms with Crippen LogP contribution in [0.2, 0.25) is 0 Å². The molecule has 0 heterocycles. The average Bonchev–Trinajstić information content (AvgIpc) is 2.44. The third kappa shape index (κ3) is 6.86. The number of phenols is 1. The van der Waals surface area contributed by atoms with Gasteiger partial charge in [-0.05, 0) is 45.5 Å². The van der Waals surface area contributed by atoms with Crippen molar-refractivity contribution in [3.8, 4) is 5.75 Å². The fourth-order valence-corrected chi connectivity index (χ4v) is 3.03. The number of hydrogen-bond donors (Lipinski definition) is 1. The van der Waals surface area contributed by atoms with Gasteiger partial charge in [-0.25, -0.2) is 0 Å². The standard InChI is InChI=1S/C19H31BrO/c1-4-5-6-7-8-9-10-11-14-19(2,3)16-12-13-17(20)18(21)15-16/h12-13,15,21H,4-11,14H2,1-3H3. The molecule has 0 spiro atoms. The van der Waals surface area contributed by atoms with Gasteiger partial charge in [-0.15, -0.1) is 0 Å². The zero-order valence-corrected chi connectivity index (χ0v) is 15.5. The van der Waals surface area contributed by atoms with Crippen molar-refractivity contribution in [1.82, 2.24) is 0 Å². The summed E-state index contributed by atoms with van der Waals surface area (Å²) in [6, 6.07) is 5.96. The third-order valence-electron chi connectivity index (χ3n) is 4.38. The second kappa shape index (κ2) is 9.50. The molecule has 0 unspecified atom stereocenters. The molecule has 0 atom stereocenters. The number of hydrogen-bond acceptors (Lipinski definition) is 1. The van der Waals surface area contributed by atoms with E-state index in [1.807, 2.05) is 12.1 Å². The molecule has 0 aliphatic heterocycles. The summed E-state index contributed by atoms with van der Waals surface area (Å²) >= 11 is 3.35. The molecule has 1 aromatic rings. The normalized spacial score (nSPS) is 11.8. The lowest BCUT2D eigenvalue weighted by molar-refractivity contribution is 0.433. The molecule has 0 saturated heterocycles. The first-order chi connectivity index (χ1) is 9.97. The number of unbranched alkanes of at least 4 members (excludes halogenated alkanes) is 7. The summed E-state index contributed by atoms with van der Waals surface area (Å²) in [5, 5.41) is 9.83. The van der Waals surface area contributed by atoms with E-state index in [0.717, 1.165) is 4.47 Å². The van der Waals surface area contributed by atoms with Gasteiger partial charge in [0.25, 0.3) is 0 Å². The van der Waals surface area contributed by atoms with Crippen LogP contribution in [0.25, 0.3) is 0 Å². The summed E-state index contributed by atoms with van der Waals surface area (Å²) in [7, 11) is 0. The summed E-state index contributed by atoms with van der Waals surface area (Å²) in [4.78, 5) is 0. The van der Waals surface area contributed by atoms with E-state index in [-0.39, 0.29) is 5.41 Å². The maximum Gasteiger partial charge on any atom is 0.130 e. The molecule has 1 N–H and O–H groups in total. The van der Waals surface area contributed by atoms with Crippen molar-refractivity contribution in [3.05, 3.63) is 28.2 Å². The molecule has 0 radical (unpaired) electrons. The third-order valence-corrected chi connectivity index (χ3v) is 5.05. The van der Waals surface area contributed by atoms with Gasteiger partial charge in [0.05, 0.1) is 4.47 Å². The highest BCUT2D eigenvalue weighted by molar-refractivity contribution is 9.10. The van der Waals surface area contributed by atoms with E-state index >= 15 is 0 Å². The van der Waals surface area contributed by atoms with Gasteiger partial charge in [0.1, 0.15) is 5.75 Å². The van der Waals surface area contributed by atoms with Crippen LogP contribution < -0.4 is 0 Å². The van der Waals surface area contributed by atoms with Gasteiger partial charge >= 0.3 is 0 Å². The molecule has 0 bridgehead atoms. The first kappa shape index (κ1) is 18.5. The van der Waals surface area contributed by atoms with Crippen molar-refractivity contribution in [1.29, 1.82) is 0 Å². The molecule has 21 heavy (non-hydrogen) atoms. The molecule has 1 rings (SSSR count). The van der Waals surface area contributed by atoms with Crippen LogP contribution in [-0.2, 0) is 5.41 Å². The van der Waals surface area contributed by atoms with Crippen molar-refractivity contribution < 1.29 is 5.11 Å². The van der Waals surface area contributed by atoms with Gasteiger partial charge in [-0.3, -0.25) is 0 Å². The van der Waals surface area contributed by atoms with Gasteiger partial charge in [0, 0.05) is 0 Å². The molecule has 0 aromatic heterocycles. The van der Waals surface area contributed by atoms with Crippen LogP contribution >= 0.6 is 15.9 Å². The van der Waals surface area contributed by atoms with Gasteiger partial charge in [-0.1, -0.05) is 78.2 Å². The quantitative estimate of drug-likeness (QED) is 0.450. The van der Waals surface area contributed by atoms with Crippen LogP contribution in [0.5, 0.6) is 5.75 Å². The maximum atomic E-state index is 9.83. The number of rotatable bonds is 10. The van der Waals surface area contributed by atoms with Crippen molar-refractivity contribution >= 4 is 15.9 Å². The Morgan fingerprint density at radius 2 is 1.52 bits per heavy atom. The minimum Gasteiger partial charge on any atom is -0.507 e.